The van der Waals surface area contributed by atoms with Crippen molar-refractivity contribution in [2.75, 3.05) is 31.6 Å². The van der Waals surface area contributed by atoms with Gasteiger partial charge in [-0.15, -0.1) is 0 Å². The minimum atomic E-state index is -0.997. The third-order valence-electron chi connectivity index (χ3n) is 6.33. The van der Waals surface area contributed by atoms with Crippen molar-refractivity contribution in [1.82, 2.24) is 20.4 Å². The smallest absolute Gasteiger partial charge is 0.407 e. The molecule has 1 unspecified atom stereocenters. The van der Waals surface area contributed by atoms with Crippen molar-refractivity contribution in [1.29, 1.82) is 0 Å². The summed E-state index contributed by atoms with van der Waals surface area (Å²) in [6.07, 6.45) is 3.90. The van der Waals surface area contributed by atoms with Gasteiger partial charge >= 0.3 is 6.09 Å². The van der Waals surface area contributed by atoms with Crippen molar-refractivity contribution >= 4 is 33.7 Å². The van der Waals surface area contributed by atoms with E-state index < -0.39 is 6.09 Å². The fourth-order valence-electron chi connectivity index (χ4n) is 4.79. The van der Waals surface area contributed by atoms with Gasteiger partial charge in [-0.3, -0.25) is 4.79 Å². The van der Waals surface area contributed by atoms with E-state index in [9.17, 15) is 14.7 Å². The summed E-state index contributed by atoms with van der Waals surface area (Å²) in [5.74, 6) is 2.82. The first-order chi connectivity index (χ1) is 14.9. The summed E-state index contributed by atoms with van der Waals surface area (Å²) >= 11 is 3.43. The van der Waals surface area contributed by atoms with E-state index in [1.165, 1.54) is 18.0 Å². The zero-order chi connectivity index (χ0) is 22.0. The van der Waals surface area contributed by atoms with Crippen molar-refractivity contribution < 1.29 is 19.2 Å². The maximum absolute atomic E-state index is 11.7. The highest BCUT2D eigenvalue weighted by molar-refractivity contribution is 9.10. The van der Waals surface area contributed by atoms with Crippen LogP contribution in [0, 0.1) is 17.8 Å². The number of rotatable bonds is 7. The number of hydrogen-bond acceptors (Lipinski definition) is 6. The van der Waals surface area contributed by atoms with Crippen molar-refractivity contribution in [2.45, 2.75) is 25.8 Å². The molecular formula is C21H26BrN5O4. The van der Waals surface area contributed by atoms with E-state index in [-0.39, 0.29) is 18.1 Å². The molecule has 3 atom stereocenters. The molecule has 1 saturated heterocycles. The van der Waals surface area contributed by atoms with E-state index in [1.54, 1.807) is 0 Å². The number of carbonyl (C=O) groups is 2. The zero-order valence-electron chi connectivity index (χ0n) is 17.3. The Morgan fingerprint density at radius 3 is 2.68 bits per heavy atom. The summed E-state index contributed by atoms with van der Waals surface area (Å²) in [6, 6.07) is 5.55. The minimum absolute atomic E-state index is 0.0852. The Hall–Kier alpha value is -2.62. The molecule has 0 aromatic carbocycles. The SMILES string of the molecule is CNC(=O)c1cc(CN(CCC2C[C@@H]3CN(c4ccc(Br)cn4)C[C@@H]3C2)C(=O)O)on1. The molecule has 0 spiro atoms. The lowest BCUT2D eigenvalue weighted by Gasteiger charge is -2.22. The van der Waals surface area contributed by atoms with Gasteiger partial charge in [0.2, 0.25) is 0 Å². The molecule has 1 aliphatic carbocycles. The Labute approximate surface area is 188 Å². The van der Waals surface area contributed by atoms with Gasteiger partial charge in [-0.2, -0.15) is 0 Å². The highest BCUT2D eigenvalue weighted by Gasteiger charge is 2.41. The molecule has 0 bridgehead atoms. The van der Waals surface area contributed by atoms with Crippen LogP contribution in [0.1, 0.15) is 35.5 Å². The second-order valence-electron chi connectivity index (χ2n) is 8.35. The quantitative estimate of drug-likeness (QED) is 0.611. The van der Waals surface area contributed by atoms with Gasteiger partial charge in [0.15, 0.2) is 11.5 Å². The Morgan fingerprint density at radius 1 is 1.32 bits per heavy atom. The molecule has 3 heterocycles. The van der Waals surface area contributed by atoms with E-state index >= 15 is 0 Å². The molecule has 2 aromatic heterocycles. The molecule has 2 aromatic rings. The molecule has 2 N–H and O–H groups in total. The predicted molar refractivity (Wildman–Crippen MR) is 117 cm³/mol. The number of carboxylic acid groups (broad SMARTS) is 1. The molecule has 4 rings (SSSR count). The third kappa shape index (κ3) is 5.00. The van der Waals surface area contributed by atoms with Crippen LogP contribution in [0.3, 0.4) is 0 Å². The first-order valence-electron chi connectivity index (χ1n) is 10.4. The van der Waals surface area contributed by atoms with Crippen LogP contribution in [0.4, 0.5) is 10.6 Å². The summed E-state index contributed by atoms with van der Waals surface area (Å²) < 4.78 is 6.11. The Morgan fingerprint density at radius 2 is 2.06 bits per heavy atom. The molecule has 0 radical (unpaired) electrons. The summed E-state index contributed by atoms with van der Waals surface area (Å²) in [4.78, 5) is 31.5. The lowest BCUT2D eigenvalue weighted by atomic mass is 10.0. The van der Waals surface area contributed by atoms with Crippen LogP contribution in [0.5, 0.6) is 0 Å². The first-order valence-corrected chi connectivity index (χ1v) is 11.2. The number of halogens is 1. The standard InChI is InChI=1S/C21H26BrN5O4/c1-23-20(28)18-8-17(31-25-18)12-26(21(29)30)5-4-13-6-14-10-27(11-15(14)7-13)19-3-2-16(22)9-24-19/h2-3,8-9,13-15H,4-7,10-12H2,1H3,(H,23,28)(H,29,30)/t13?,14-,15+. The van der Waals surface area contributed by atoms with Crippen LogP contribution in [-0.4, -0.2) is 58.8 Å². The fraction of sp³-hybridized carbons (Fsp3) is 0.524. The second-order valence-corrected chi connectivity index (χ2v) is 9.26. The largest absolute Gasteiger partial charge is 0.465 e. The lowest BCUT2D eigenvalue weighted by molar-refractivity contribution is 0.0953. The predicted octanol–water partition coefficient (Wildman–Crippen LogP) is 3.22. The number of fused-ring (bicyclic) bond motifs is 1. The highest BCUT2D eigenvalue weighted by Crippen LogP contribution is 2.43. The van der Waals surface area contributed by atoms with E-state index in [2.05, 4.69) is 36.3 Å². The van der Waals surface area contributed by atoms with Gasteiger partial charge in [-0.25, -0.2) is 9.78 Å². The van der Waals surface area contributed by atoms with Crippen molar-refractivity contribution in [3.63, 3.8) is 0 Å². The molecule has 2 amide bonds. The molecule has 1 saturated carbocycles. The third-order valence-corrected chi connectivity index (χ3v) is 6.80. The van der Waals surface area contributed by atoms with E-state index in [1.807, 2.05) is 18.3 Å². The number of anilines is 1. The molecular weight excluding hydrogens is 466 g/mol. The van der Waals surface area contributed by atoms with Gasteiger partial charge in [0.25, 0.3) is 5.91 Å². The normalized spacial score (nSPS) is 22.4. The molecule has 2 aliphatic rings. The Kier molecular flexibility index (Phi) is 6.45. The average Bonchev–Trinajstić information content (AvgIpc) is 3.45. The van der Waals surface area contributed by atoms with Crippen LogP contribution in [-0.2, 0) is 6.54 Å². The van der Waals surface area contributed by atoms with Crippen LogP contribution in [0.2, 0.25) is 0 Å². The Bertz CT molecular complexity index is 920. The molecule has 9 nitrogen and oxygen atoms in total. The number of pyridine rings is 1. The van der Waals surface area contributed by atoms with E-state index in [4.69, 9.17) is 4.52 Å². The van der Waals surface area contributed by atoms with Gasteiger partial charge < -0.3 is 24.7 Å². The van der Waals surface area contributed by atoms with Crippen LogP contribution >= 0.6 is 15.9 Å². The van der Waals surface area contributed by atoms with Crippen molar-refractivity contribution in [3.05, 3.63) is 40.3 Å². The summed E-state index contributed by atoms with van der Waals surface area (Å²) in [5, 5.41) is 15.7. The van der Waals surface area contributed by atoms with Gasteiger partial charge in [-0.1, -0.05) is 5.16 Å². The monoisotopic (exact) mass is 491 g/mol. The van der Waals surface area contributed by atoms with Crippen LogP contribution < -0.4 is 10.2 Å². The average molecular weight is 492 g/mol. The second kappa shape index (κ2) is 9.25. The summed E-state index contributed by atoms with van der Waals surface area (Å²) in [6.45, 7) is 2.55. The van der Waals surface area contributed by atoms with Crippen LogP contribution in [0.15, 0.2) is 33.4 Å². The number of hydrogen-bond donors (Lipinski definition) is 2. The van der Waals surface area contributed by atoms with Crippen molar-refractivity contribution in [2.24, 2.45) is 17.8 Å². The lowest BCUT2D eigenvalue weighted by Crippen LogP contribution is -2.31. The number of nitrogens with one attached hydrogen (secondary N) is 1. The zero-order valence-corrected chi connectivity index (χ0v) is 18.9. The number of carbonyl (C=O) groups excluding carboxylic acids is 1. The fourth-order valence-corrected chi connectivity index (χ4v) is 5.03. The van der Waals surface area contributed by atoms with Gasteiger partial charge in [-0.05, 0) is 65.1 Å². The highest BCUT2D eigenvalue weighted by atomic mass is 79.9. The summed E-state index contributed by atoms with van der Waals surface area (Å²) in [7, 11) is 1.51. The molecule has 2 fully saturated rings. The van der Waals surface area contributed by atoms with Crippen LogP contribution in [0.25, 0.3) is 0 Å². The van der Waals surface area contributed by atoms with Gasteiger partial charge in [0.1, 0.15) is 5.82 Å². The molecule has 10 heteroatoms. The van der Waals surface area contributed by atoms with Gasteiger partial charge in [0, 0.05) is 43.4 Å². The number of amides is 2. The van der Waals surface area contributed by atoms with E-state index in [0.717, 1.165) is 42.6 Å². The topological polar surface area (TPSA) is 112 Å². The molecule has 31 heavy (non-hydrogen) atoms. The van der Waals surface area contributed by atoms with Gasteiger partial charge in [0.05, 0.1) is 6.54 Å². The maximum atomic E-state index is 11.7. The molecule has 1 aliphatic heterocycles. The van der Waals surface area contributed by atoms with E-state index in [0.29, 0.717) is 30.1 Å². The minimum Gasteiger partial charge on any atom is -0.465 e. The maximum Gasteiger partial charge on any atom is 0.407 e. The Balaban J connectivity index is 1.27. The first kappa shape index (κ1) is 21.6. The number of nitrogens with zero attached hydrogens (tertiary/aromatic N) is 4. The molecule has 166 valence electrons. The summed E-state index contributed by atoms with van der Waals surface area (Å²) in [5.41, 5.74) is 0.149. The number of aromatic nitrogens is 2. The van der Waals surface area contributed by atoms with Crippen molar-refractivity contribution in [3.8, 4) is 0 Å².